The minimum absolute atomic E-state index is 0.0107. The summed E-state index contributed by atoms with van der Waals surface area (Å²) in [5.74, 6) is 0.00930. The molecule has 5 atom stereocenters. The third-order valence-electron chi connectivity index (χ3n) is 6.64. The Bertz CT molecular complexity index is 778. The Labute approximate surface area is 178 Å². The number of rotatable bonds is 7. The number of allylic oxidation sites excluding steroid dienone is 1. The number of ketones is 1. The van der Waals surface area contributed by atoms with E-state index in [4.69, 9.17) is 14.2 Å². The number of carbonyl (C=O) groups is 2. The third kappa shape index (κ3) is 4.84. The van der Waals surface area contributed by atoms with E-state index in [1.807, 2.05) is 38.1 Å². The maximum Gasteiger partial charge on any atom is 0.306 e. The van der Waals surface area contributed by atoms with Crippen LogP contribution in [-0.2, 0) is 30.2 Å². The molecule has 4 rings (SSSR count). The summed E-state index contributed by atoms with van der Waals surface area (Å²) < 4.78 is 17.5. The van der Waals surface area contributed by atoms with Crippen molar-refractivity contribution in [2.75, 3.05) is 6.61 Å². The van der Waals surface area contributed by atoms with Gasteiger partial charge in [-0.15, -0.1) is 0 Å². The van der Waals surface area contributed by atoms with Gasteiger partial charge in [0.15, 0.2) is 12.1 Å². The zero-order valence-electron chi connectivity index (χ0n) is 17.9. The molecular formula is C25H32O5. The summed E-state index contributed by atoms with van der Waals surface area (Å²) in [7, 11) is 0. The summed E-state index contributed by atoms with van der Waals surface area (Å²) in [4.78, 5) is 24.8. The van der Waals surface area contributed by atoms with Crippen LogP contribution in [-0.4, -0.2) is 36.9 Å². The highest BCUT2D eigenvalue weighted by molar-refractivity contribution is 5.94. The Morgan fingerprint density at radius 3 is 2.77 bits per heavy atom. The molecule has 1 unspecified atom stereocenters. The van der Waals surface area contributed by atoms with Gasteiger partial charge in [0.05, 0.1) is 12.5 Å². The van der Waals surface area contributed by atoms with Crippen molar-refractivity contribution < 1.29 is 23.8 Å². The molecule has 1 aromatic rings. The van der Waals surface area contributed by atoms with Crippen LogP contribution in [0.5, 0.6) is 0 Å². The van der Waals surface area contributed by atoms with Crippen molar-refractivity contribution in [1.29, 1.82) is 0 Å². The van der Waals surface area contributed by atoms with Gasteiger partial charge in [-0.1, -0.05) is 50.3 Å². The van der Waals surface area contributed by atoms with Crippen LogP contribution in [0.25, 0.3) is 0 Å². The van der Waals surface area contributed by atoms with Crippen molar-refractivity contribution in [2.24, 2.45) is 17.3 Å². The second-order valence-electron chi connectivity index (χ2n) is 9.45. The fourth-order valence-corrected chi connectivity index (χ4v) is 4.94. The first-order chi connectivity index (χ1) is 14.4. The van der Waals surface area contributed by atoms with Gasteiger partial charge >= 0.3 is 5.97 Å². The highest BCUT2D eigenvalue weighted by atomic mass is 16.7. The maximum absolute atomic E-state index is 13.0. The SMILES string of the molecule is CC(C)(Cc1ccccc1)C(=O)/C=C/[C@@H]1[C@H]2CC(=O)O[C@H]2C[C@H]1OC1CCCCO1. The Balaban J connectivity index is 1.45. The molecule has 2 heterocycles. The first kappa shape index (κ1) is 21.3. The summed E-state index contributed by atoms with van der Waals surface area (Å²) in [6.45, 7) is 4.69. The first-order valence-corrected chi connectivity index (χ1v) is 11.2. The van der Waals surface area contributed by atoms with Crippen LogP contribution < -0.4 is 0 Å². The van der Waals surface area contributed by atoms with Crippen LogP contribution in [0.1, 0.15) is 51.5 Å². The minimum atomic E-state index is -0.499. The van der Waals surface area contributed by atoms with Crippen molar-refractivity contribution in [3.63, 3.8) is 0 Å². The molecular weight excluding hydrogens is 380 g/mol. The molecule has 1 aliphatic carbocycles. The molecule has 0 radical (unpaired) electrons. The molecule has 1 saturated carbocycles. The second-order valence-corrected chi connectivity index (χ2v) is 9.45. The largest absolute Gasteiger partial charge is 0.462 e. The van der Waals surface area contributed by atoms with Crippen LogP contribution >= 0.6 is 0 Å². The summed E-state index contributed by atoms with van der Waals surface area (Å²) in [6, 6.07) is 10.1. The first-order valence-electron chi connectivity index (χ1n) is 11.2. The summed E-state index contributed by atoms with van der Waals surface area (Å²) >= 11 is 0. The van der Waals surface area contributed by atoms with Gasteiger partial charge in [-0.2, -0.15) is 0 Å². The molecule has 3 aliphatic rings. The molecule has 2 aliphatic heterocycles. The average molecular weight is 413 g/mol. The van der Waals surface area contributed by atoms with Crippen LogP contribution in [0, 0.1) is 17.3 Å². The van der Waals surface area contributed by atoms with Gasteiger partial charge in [-0.3, -0.25) is 9.59 Å². The molecule has 5 heteroatoms. The molecule has 0 amide bonds. The van der Waals surface area contributed by atoms with E-state index in [1.165, 1.54) is 0 Å². The number of benzene rings is 1. The maximum atomic E-state index is 13.0. The number of fused-ring (bicyclic) bond motifs is 1. The van der Waals surface area contributed by atoms with Crippen molar-refractivity contribution >= 4 is 11.8 Å². The Morgan fingerprint density at radius 2 is 2.03 bits per heavy atom. The lowest BCUT2D eigenvalue weighted by molar-refractivity contribution is -0.194. The number of hydrogen-bond donors (Lipinski definition) is 0. The number of esters is 1. The van der Waals surface area contributed by atoms with E-state index in [0.717, 1.165) is 31.4 Å². The molecule has 0 bridgehead atoms. The van der Waals surface area contributed by atoms with Gasteiger partial charge in [-0.05, 0) is 37.3 Å². The van der Waals surface area contributed by atoms with Crippen LogP contribution in [0.2, 0.25) is 0 Å². The van der Waals surface area contributed by atoms with Crippen LogP contribution in [0.3, 0.4) is 0 Å². The molecule has 0 aromatic heterocycles. The van der Waals surface area contributed by atoms with Crippen molar-refractivity contribution in [3.05, 3.63) is 48.0 Å². The van der Waals surface area contributed by atoms with E-state index < -0.39 is 5.41 Å². The van der Waals surface area contributed by atoms with Gasteiger partial charge in [0.25, 0.3) is 0 Å². The topological polar surface area (TPSA) is 61.8 Å². The zero-order valence-corrected chi connectivity index (χ0v) is 17.9. The molecule has 2 saturated heterocycles. The van der Waals surface area contributed by atoms with Crippen molar-refractivity contribution in [3.8, 4) is 0 Å². The smallest absolute Gasteiger partial charge is 0.306 e. The Morgan fingerprint density at radius 1 is 1.23 bits per heavy atom. The molecule has 0 N–H and O–H groups in total. The third-order valence-corrected chi connectivity index (χ3v) is 6.64. The number of carbonyl (C=O) groups excluding carboxylic acids is 2. The predicted molar refractivity (Wildman–Crippen MR) is 113 cm³/mol. The van der Waals surface area contributed by atoms with Gasteiger partial charge < -0.3 is 14.2 Å². The van der Waals surface area contributed by atoms with E-state index in [2.05, 4.69) is 12.1 Å². The quantitative estimate of drug-likeness (QED) is 0.495. The summed E-state index contributed by atoms with van der Waals surface area (Å²) in [5.41, 5.74) is 0.649. The average Bonchev–Trinajstić information content (AvgIpc) is 3.23. The normalized spacial score (nSPS) is 31.7. The van der Waals surface area contributed by atoms with E-state index >= 15 is 0 Å². The second kappa shape index (κ2) is 9.03. The summed E-state index contributed by atoms with van der Waals surface area (Å²) in [5, 5.41) is 0. The van der Waals surface area contributed by atoms with E-state index in [-0.39, 0.29) is 42.1 Å². The zero-order chi connectivity index (χ0) is 21.1. The highest BCUT2D eigenvalue weighted by Crippen LogP contribution is 2.44. The van der Waals surface area contributed by atoms with Gasteiger partial charge in [0.1, 0.15) is 6.10 Å². The van der Waals surface area contributed by atoms with Crippen LogP contribution in [0.4, 0.5) is 0 Å². The Hall–Kier alpha value is -1.98. The van der Waals surface area contributed by atoms with E-state index in [1.54, 1.807) is 6.08 Å². The lowest BCUT2D eigenvalue weighted by Gasteiger charge is -2.29. The lowest BCUT2D eigenvalue weighted by atomic mass is 9.80. The molecule has 0 spiro atoms. The van der Waals surface area contributed by atoms with Gasteiger partial charge in [0, 0.05) is 30.3 Å². The molecule has 5 nitrogen and oxygen atoms in total. The van der Waals surface area contributed by atoms with Crippen molar-refractivity contribution in [1.82, 2.24) is 0 Å². The van der Waals surface area contributed by atoms with E-state index in [9.17, 15) is 9.59 Å². The lowest BCUT2D eigenvalue weighted by Crippen LogP contribution is -2.31. The standard InChI is InChI=1S/C25H32O5/c1-25(2,16-17-8-4-3-5-9-17)22(26)12-11-18-19-14-23(27)29-21(19)15-20(18)30-24-10-6-7-13-28-24/h3-5,8-9,11-12,18-21,24H,6-7,10,13-16H2,1-2H3/b12-11+/t18-,19-,20-,21+,24?/m1/s1. The molecule has 30 heavy (non-hydrogen) atoms. The molecule has 3 fully saturated rings. The monoisotopic (exact) mass is 412 g/mol. The summed E-state index contributed by atoms with van der Waals surface area (Å²) in [6.07, 6.45) is 8.10. The highest BCUT2D eigenvalue weighted by Gasteiger charge is 2.50. The fraction of sp³-hybridized carbons (Fsp3) is 0.600. The van der Waals surface area contributed by atoms with Gasteiger partial charge in [0.2, 0.25) is 0 Å². The Kier molecular flexibility index (Phi) is 6.40. The fourth-order valence-electron chi connectivity index (χ4n) is 4.94. The number of hydrogen-bond acceptors (Lipinski definition) is 5. The molecule has 162 valence electrons. The van der Waals surface area contributed by atoms with Crippen molar-refractivity contribution in [2.45, 2.75) is 70.9 Å². The van der Waals surface area contributed by atoms with E-state index in [0.29, 0.717) is 19.3 Å². The minimum Gasteiger partial charge on any atom is -0.462 e. The van der Waals surface area contributed by atoms with Gasteiger partial charge in [-0.25, -0.2) is 0 Å². The molecule has 1 aromatic carbocycles. The van der Waals surface area contributed by atoms with Crippen LogP contribution in [0.15, 0.2) is 42.5 Å². The predicted octanol–water partition coefficient (Wildman–Crippen LogP) is 4.24. The number of ether oxygens (including phenoxy) is 3.